The van der Waals surface area contributed by atoms with Gasteiger partial charge in [-0.15, -0.1) is 0 Å². The van der Waals surface area contributed by atoms with Gasteiger partial charge in [0.1, 0.15) is 5.82 Å². The van der Waals surface area contributed by atoms with Crippen molar-refractivity contribution in [3.05, 3.63) is 58.9 Å². The highest BCUT2D eigenvalue weighted by molar-refractivity contribution is 5.62. The Morgan fingerprint density at radius 2 is 1.84 bits per heavy atom. The van der Waals surface area contributed by atoms with E-state index in [1.165, 1.54) is 18.1 Å². The van der Waals surface area contributed by atoms with Crippen LogP contribution in [0.15, 0.2) is 36.4 Å². The Balaban J connectivity index is 0.00000114. The molecule has 1 fully saturated rings. The van der Waals surface area contributed by atoms with Gasteiger partial charge >= 0.3 is 0 Å². The predicted octanol–water partition coefficient (Wildman–Crippen LogP) is 6.38. The molecular weight excluding hydrogens is 403 g/mol. The molecule has 3 rings (SSSR count). The van der Waals surface area contributed by atoms with Crippen LogP contribution in [0.5, 0.6) is 5.75 Å². The van der Waals surface area contributed by atoms with Crippen LogP contribution in [0.1, 0.15) is 75.0 Å². The van der Waals surface area contributed by atoms with Gasteiger partial charge in [-0.1, -0.05) is 38.5 Å². The first-order valence-electron chi connectivity index (χ1n) is 11.9. The SMILES string of the molecule is CCC.CNc1ccc(C2CCC(NCCCc3cccc(F)c3C)CC2)cc1OC=O. The molecule has 32 heavy (non-hydrogen) atoms. The van der Waals surface area contributed by atoms with E-state index in [2.05, 4.69) is 30.5 Å². The largest absolute Gasteiger partial charge is 0.427 e. The number of hydrogen-bond donors (Lipinski definition) is 2. The van der Waals surface area contributed by atoms with Gasteiger partial charge in [0.05, 0.1) is 5.69 Å². The van der Waals surface area contributed by atoms with Crippen LogP contribution < -0.4 is 15.4 Å². The van der Waals surface area contributed by atoms with E-state index in [0.29, 0.717) is 24.2 Å². The number of benzene rings is 2. The molecule has 0 atom stereocenters. The van der Waals surface area contributed by atoms with Gasteiger partial charge < -0.3 is 15.4 Å². The highest BCUT2D eigenvalue weighted by Gasteiger charge is 2.22. The molecule has 176 valence electrons. The Hall–Kier alpha value is -2.40. The quantitative estimate of drug-likeness (QED) is 0.350. The Morgan fingerprint density at radius 3 is 2.50 bits per heavy atom. The van der Waals surface area contributed by atoms with Gasteiger partial charge in [0.2, 0.25) is 0 Å². The van der Waals surface area contributed by atoms with E-state index in [4.69, 9.17) is 4.74 Å². The Bertz CT molecular complexity index is 832. The van der Waals surface area contributed by atoms with E-state index in [1.807, 2.05) is 32.2 Å². The molecule has 2 aromatic rings. The van der Waals surface area contributed by atoms with E-state index in [0.717, 1.165) is 61.9 Å². The van der Waals surface area contributed by atoms with Gasteiger partial charge in [-0.25, -0.2) is 4.39 Å². The van der Waals surface area contributed by atoms with Crippen molar-refractivity contribution in [2.75, 3.05) is 18.9 Å². The van der Waals surface area contributed by atoms with Crippen LogP contribution in [0.2, 0.25) is 0 Å². The average molecular weight is 443 g/mol. The standard InChI is InChI=1S/C24H31FN2O2.C3H8/c1-17-18(5-3-7-22(17)25)6-4-14-27-21-11-8-19(9-12-21)20-10-13-23(26-2)24(15-20)29-16-28;1-3-2/h3,5,7,10,13,15-16,19,21,26-27H,4,6,8-9,11-12,14H2,1-2H3;3H2,1-2H3. The van der Waals surface area contributed by atoms with Gasteiger partial charge in [-0.05, 0) is 92.8 Å². The second kappa shape index (κ2) is 13.9. The topological polar surface area (TPSA) is 50.4 Å². The molecule has 0 aliphatic heterocycles. The molecule has 1 saturated carbocycles. The van der Waals surface area contributed by atoms with Gasteiger partial charge in [0.15, 0.2) is 5.75 Å². The predicted molar refractivity (Wildman–Crippen MR) is 131 cm³/mol. The molecule has 0 spiro atoms. The number of halogens is 1. The summed E-state index contributed by atoms with van der Waals surface area (Å²) < 4.78 is 18.7. The summed E-state index contributed by atoms with van der Waals surface area (Å²) in [5.41, 5.74) is 3.94. The number of anilines is 1. The summed E-state index contributed by atoms with van der Waals surface area (Å²) in [5.74, 6) is 0.981. The Labute approximate surface area is 193 Å². The van der Waals surface area contributed by atoms with E-state index >= 15 is 0 Å². The number of carbonyl (C=O) groups excluding carboxylic acids is 1. The number of carbonyl (C=O) groups is 1. The van der Waals surface area contributed by atoms with Crippen molar-refractivity contribution in [3.8, 4) is 5.75 Å². The molecule has 1 aliphatic carbocycles. The lowest BCUT2D eigenvalue weighted by molar-refractivity contribution is -0.120. The van der Waals surface area contributed by atoms with Gasteiger partial charge in [-0.3, -0.25) is 4.79 Å². The number of aryl methyl sites for hydroxylation is 1. The zero-order valence-corrected chi connectivity index (χ0v) is 20.0. The maximum absolute atomic E-state index is 13.6. The van der Waals surface area contributed by atoms with Crippen LogP contribution in [0.3, 0.4) is 0 Å². The first-order chi connectivity index (χ1) is 15.5. The van der Waals surface area contributed by atoms with Crippen LogP contribution >= 0.6 is 0 Å². The monoisotopic (exact) mass is 442 g/mol. The van der Waals surface area contributed by atoms with E-state index in [-0.39, 0.29) is 5.82 Å². The number of nitrogens with one attached hydrogen (secondary N) is 2. The van der Waals surface area contributed by atoms with Crippen LogP contribution in [-0.4, -0.2) is 26.1 Å². The van der Waals surface area contributed by atoms with Crippen LogP contribution in [0, 0.1) is 12.7 Å². The minimum atomic E-state index is -0.113. The number of hydrogen-bond acceptors (Lipinski definition) is 4. The summed E-state index contributed by atoms with van der Waals surface area (Å²) in [7, 11) is 1.82. The molecule has 4 nitrogen and oxygen atoms in total. The summed E-state index contributed by atoms with van der Waals surface area (Å²) in [6.07, 6.45) is 7.70. The molecule has 1 aliphatic rings. The fourth-order valence-electron chi connectivity index (χ4n) is 4.29. The third-order valence-electron chi connectivity index (χ3n) is 6.08. The van der Waals surface area contributed by atoms with Crippen molar-refractivity contribution < 1.29 is 13.9 Å². The lowest BCUT2D eigenvalue weighted by Gasteiger charge is -2.30. The summed E-state index contributed by atoms with van der Waals surface area (Å²) in [6.45, 7) is 7.54. The van der Waals surface area contributed by atoms with E-state index in [9.17, 15) is 9.18 Å². The highest BCUT2D eigenvalue weighted by Crippen LogP contribution is 2.36. The minimum Gasteiger partial charge on any atom is -0.427 e. The molecule has 5 heteroatoms. The van der Waals surface area contributed by atoms with Gasteiger partial charge in [0.25, 0.3) is 6.47 Å². The molecule has 0 aromatic heterocycles. The van der Waals surface area contributed by atoms with E-state index < -0.39 is 0 Å². The third-order valence-corrected chi connectivity index (χ3v) is 6.08. The summed E-state index contributed by atoms with van der Waals surface area (Å²) in [6, 6.07) is 12.0. The molecule has 0 amide bonds. The summed E-state index contributed by atoms with van der Waals surface area (Å²) in [5, 5.41) is 6.72. The normalized spacial score (nSPS) is 17.8. The summed E-state index contributed by atoms with van der Waals surface area (Å²) >= 11 is 0. The first kappa shape index (κ1) is 25.9. The molecule has 0 radical (unpaired) electrons. The third kappa shape index (κ3) is 7.63. The summed E-state index contributed by atoms with van der Waals surface area (Å²) in [4.78, 5) is 10.7. The van der Waals surface area contributed by atoms with Crippen LogP contribution in [0.4, 0.5) is 10.1 Å². The van der Waals surface area contributed by atoms with E-state index in [1.54, 1.807) is 6.07 Å². The van der Waals surface area contributed by atoms with Gasteiger partial charge in [-0.2, -0.15) is 0 Å². The van der Waals surface area contributed by atoms with Crippen molar-refractivity contribution in [1.29, 1.82) is 0 Å². The van der Waals surface area contributed by atoms with Crippen molar-refractivity contribution in [1.82, 2.24) is 5.32 Å². The second-order valence-corrected chi connectivity index (χ2v) is 8.56. The maximum Gasteiger partial charge on any atom is 0.298 e. The molecule has 0 bridgehead atoms. The average Bonchev–Trinajstić information content (AvgIpc) is 2.80. The molecule has 0 saturated heterocycles. The number of ether oxygens (including phenoxy) is 1. The zero-order chi connectivity index (χ0) is 23.3. The Kier molecular flexibility index (Phi) is 11.2. The van der Waals surface area contributed by atoms with Crippen LogP contribution in [0.25, 0.3) is 0 Å². The van der Waals surface area contributed by atoms with Crippen molar-refractivity contribution in [2.45, 2.75) is 77.7 Å². The first-order valence-corrected chi connectivity index (χ1v) is 11.9. The molecule has 0 heterocycles. The lowest BCUT2D eigenvalue weighted by Crippen LogP contribution is -2.33. The van der Waals surface area contributed by atoms with Crippen molar-refractivity contribution in [3.63, 3.8) is 0 Å². The van der Waals surface area contributed by atoms with Crippen molar-refractivity contribution >= 4 is 12.2 Å². The van der Waals surface area contributed by atoms with Gasteiger partial charge in [0, 0.05) is 13.1 Å². The fourth-order valence-corrected chi connectivity index (χ4v) is 4.29. The fraction of sp³-hybridized carbons (Fsp3) is 0.519. The zero-order valence-electron chi connectivity index (χ0n) is 20.0. The number of rotatable bonds is 9. The van der Waals surface area contributed by atoms with Crippen molar-refractivity contribution in [2.24, 2.45) is 0 Å². The molecular formula is C27H39FN2O2. The molecule has 2 N–H and O–H groups in total. The maximum atomic E-state index is 13.6. The highest BCUT2D eigenvalue weighted by atomic mass is 19.1. The Morgan fingerprint density at radius 1 is 1.12 bits per heavy atom. The second-order valence-electron chi connectivity index (χ2n) is 8.56. The molecule has 2 aromatic carbocycles. The minimum absolute atomic E-state index is 0.113. The van der Waals surface area contributed by atoms with Crippen LogP contribution in [-0.2, 0) is 11.2 Å². The lowest BCUT2D eigenvalue weighted by atomic mass is 9.81. The smallest absolute Gasteiger partial charge is 0.298 e. The molecule has 0 unspecified atom stereocenters.